The van der Waals surface area contributed by atoms with Gasteiger partial charge in [0.2, 0.25) is 5.91 Å². The molecule has 1 aromatic carbocycles. The number of hydrogen-bond donors (Lipinski definition) is 1. The third-order valence-corrected chi connectivity index (χ3v) is 6.61. The van der Waals surface area contributed by atoms with E-state index in [9.17, 15) is 14.0 Å². The minimum absolute atomic E-state index is 0.254. The highest BCUT2D eigenvalue weighted by Gasteiger charge is 2.28. The van der Waals surface area contributed by atoms with Crippen molar-refractivity contribution in [1.82, 2.24) is 9.88 Å². The van der Waals surface area contributed by atoms with Crippen LogP contribution in [0, 0.1) is 25.6 Å². The van der Waals surface area contributed by atoms with Gasteiger partial charge in [0.25, 0.3) is 5.91 Å². The average Bonchev–Trinajstić information content (AvgIpc) is 3.57. The van der Waals surface area contributed by atoms with Gasteiger partial charge in [-0.2, -0.15) is 0 Å². The number of benzene rings is 1. The van der Waals surface area contributed by atoms with Gasteiger partial charge in [0.05, 0.1) is 16.3 Å². The Morgan fingerprint density at radius 2 is 1.94 bits per heavy atom. The fraction of sp³-hybridized carbons (Fsp3) is 0.400. The molecule has 0 unspecified atom stereocenters. The Hall–Kier alpha value is -2.73. The van der Waals surface area contributed by atoms with Crippen LogP contribution in [0.15, 0.2) is 30.0 Å². The molecule has 168 valence electrons. The Labute approximate surface area is 192 Å². The monoisotopic (exact) mass is 455 g/mol. The van der Waals surface area contributed by atoms with Crippen molar-refractivity contribution in [1.29, 1.82) is 0 Å². The number of nitrogens with zero attached hydrogens (tertiary/aromatic N) is 2. The molecule has 0 radical (unpaired) electrons. The van der Waals surface area contributed by atoms with E-state index < -0.39 is 11.7 Å². The fourth-order valence-corrected chi connectivity index (χ4v) is 4.08. The van der Waals surface area contributed by atoms with Crippen LogP contribution in [-0.4, -0.2) is 34.8 Å². The summed E-state index contributed by atoms with van der Waals surface area (Å²) in [6.45, 7) is 5.02. The van der Waals surface area contributed by atoms with Gasteiger partial charge in [-0.15, -0.1) is 0 Å². The number of amides is 2. The summed E-state index contributed by atoms with van der Waals surface area (Å²) in [5.41, 5.74) is 4.06. The number of hydrogen-bond acceptors (Lipinski definition) is 3. The van der Waals surface area contributed by atoms with Gasteiger partial charge in [-0.1, -0.05) is 23.3 Å². The highest BCUT2D eigenvalue weighted by Crippen LogP contribution is 2.33. The number of halogens is 2. The first-order valence-corrected chi connectivity index (χ1v) is 11.4. The number of carbonyl (C=O) groups is 2. The first kappa shape index (κ1) is 22.5. The lowest BCUT2D eigenvalue weighted by atomic mass is 9.97. The standard InChI is InChI=1S/C25H27ClFN3O2/c1-15-19(9-18-5-7-30(8-6-18)24(31)10-17-3-4-17)11-21(27)13-23(15)29-25(32)20-12-22(26)16(2)28-14-20/h9,11-14,17H,3-8,10H2,1-2H3,(H,29,32). The third kappa shape index (κ3) is 5.36. The van der Waals surface area contributed by atoms with E-state index in [0.717, 1.165) is 24.0 Å². The number of aromatic nitrogens is 1. The number of pyridine rings is 1. The number of carbonyl (C=O) groups excluding carboxylic acids is 2. The zero-order chi connectivity index (χ0) is 22.8. The average molecular weight is 456 g/mol. The van der Waals surface area contributed by atoms with Crippen LogP contribution in [0.3, 0.4) is 0 Å². The van der Waals surface area contributed by atoms with Crippen molar-refractivity contribution in [3.8, 4) is 0 Å². The Bertz CT molecular complexity index is 1080. The number of piperidine rings is 1. The maximum atomic E-state index is 14.4. The van der Waals surface area contributed by atoms with Crippen molar-refractivity contribution >= 4 is 35.2 Å². The molecule has 0 atom stereocenters. The van der Waals surface area contributed by atoms with Gasteiger partial charge in [-0.05, 0) is 74.8 Å². The number of likely N-dealkylation sites (tertiary alicyclic amines) is 1. The molecule has 2 heterocycles. The summed E-state index contributed by atoms with van der Waals surface area (Å²) < 4.78 is 14.4. The largest absolute Gasteiger partial charge is 0.342 e. The molecular formula is C25H27ClFN3O2. The normalized spacial score (nSPS) is 16.1. The Kier molecular flexibility index (Phi) is 6.60. The minimum Gasteiger partial charge on any atom is -0.342 e. The molecule has 1 aliphatic heterocycles. The summed E-state index contributed by atoms with van der Waals surface area (Å²) in [6, 6.07) is 4.35. The Morgan fingerprint density at radius 1 is 1.22 bits per heavy atom. The number of aryl methyl sites for hydroxylation is 1. The summed E-state index contributed by atoms with van der Waals surface area (Å²) in [7, 11) is 0. The Balaban J connectivity index is 1.46. The van der Waals surface area contributed by atoms with Gasteiger partial charge >= 0.3 is 0 Å². The highest BCUT2D eigenvalue weighted by atomic mass is 35.5. The van der Waals surface area contributed by atoms with Crippen LogP contribution in [0.1, 0.15) is 59.3 Å². The lowest BCUT2D eigenvalue weighted by Gasteiger charge is -2.29. The van der Waals surface area contributed by atoms with E-state index >= 15 is 0 Å². The van der Waals surface area contributed by atoms with Crippen molar-refractivity contribution in [3.05, 3.63) is 63.2 Å². The molecule has 2 fully saturated rings. The molecule has 7 heteroatoms. The maximum Gasteiger partial charge on any atom is 0.257 e. The first-order valence-electron chi connectivity index (χ1n) is 11.0. The van der Waals surface area contributed by atoms with Crippen molar-refractivity contribution in [2.45, 2.75) is 46.0 Å². The molecule has 2 aliphatic rings. The van der Waals surface area contributed by atoms with E-state index in [0.29, 0.717) is 47.4 Å². The zero-order valence-electron chi connectivity index (χ0n) is 18.4. The van der Waals surface area contributed by atoms with Crippen molar-refractivity contribution < 1.29 is 14.0 Å². The predicted molar refractivity (Wildman–Crippen MR) is 124 cm³/mol. The van der Waals surface area contributed by atoms with Crippen molar-refractivity contribution in [3.63, 3.8) is 0 Å². The lowest BCUT2D eigenvalue weighted by molar-refractivity contribution is -0.132. The third-order valence-electron chi connectivity index (χ3n) is 6.23. The maximum absolute atomic E-state index is 14.4. The van der Waals surface area contributed by atoms with Crippen LogP contribution < -0.4 is 5.32 Å². The van der Waals surface area contributed by atoms with E-state index in [4.69, 9.17) is 11.6 Å². The van der Waals surface area contributed by atoms with Crippen molar-refractivity contribution in [2.24, 2.45) is 5.92 Å². The summed E-state index contributed by atoms with van der Waals surface area (Å²) in [4.78, 5) is 31.0. The second kappa shape index (κ2) is 9.41. The molecule has 0 bridgehead atoms. The SMILES string of the molecule is Cc1ncc(C(=O)Nc2cc(F)cc(C=C3CCN(C(=O)CC4CC4)CC3)c2C)cc1Cl. The molecule has 1 saturated carbocycles. The lowest BCUT2D eigenvalue weighted by Crippen LogP contribution is -2.36. The first-order chi connectivity index (χ1) is 15.3. The van der Waals surface area contributed by atoms with Gasteiger partial charge in [-0.25, -0.2) is 4.39 Å². The van der Waals surface area contributed by atoms with Gasteiger partial charge in [-0.3, -0.25) is 14.6 Å². The van der Waals surface area contributed by atoms with Crippen LogP contribution >= 0.6 is 11.6 Å². The van der Waals surface area contributed by atoms with Crippen molar-refractivity contribution in [2.75, 3.05) is 18.4 Å². The van der Waals surface area contributed by atoms with Crippen LogP contribution in [0.4, 0.5) is 10.1 Å². The molecule has 32 heavy (non-hydrogen) atoms. The molecule has 5 nitrogen and oxygen atoms in total. The summed E-state index contributed by atoms with van der Waals surface area (Å²) >= 11 is 6.07. The van der Waals surface area contributed by atoms with Crippen LogP contribution in [0.2, 0.25) is 5.02 Å². The smallest absolute Gasteiger partial charge is 0.257 e. The minimum atomic E-state index is -0.421. The van der Waals surface area contributed by atoms with E-state index in [2.05, 4.69) is 10.3 Å². The van der Waals surface area contributed by atoms with Crippen LogP contribution in [0.25, 0.3) is 6.08 Å². The van der Waals surface area contributed by atoms with Gasteiger partial charge in [0.1, 0.15) is 5.82 Å². The van der Waals surface area contributed by atoms with E-state index in [1.165, 1.54) is 36.7 Å². The van der Waals surface area contributed by atoms with Gasteiger partial charge in [0, 0.05) is 31.4 Å². The molecule has 0 spiro atoms. The molecule has 1 saturated heterocycles. The predicted octanol–water partition coefficient (Wildman–Crippen LogP) is 5.55. The number of nitrogens with one attached hydrogen (secondary N) is 1. The number of rotatable bonds is 5. The quantitative estimate of drug-likeness (QED) is 0.643. The fourth-order valence-electron chi connectivity index (χ4n) is 3.91. The molecule has 1 aromatic heterocycles. The molecule has 1 aliphatic carbocycles. The summed E-state index contributed by atoms with van der Waals surface area (Å²) in [5.74, 6) is 0.0305. The molecule has 4 rings (SSSR count). The van der Waals surface area contributed by atoms with Crippen LogP contribution in [-0.2, 0) is 4.79 Å². The van der Waals surface area contributed by atoms with E-state index in [-0.39, 0.29) is 5.91 Å². The second-order valence-electron chi connectivity index (χ2n) is 8.74. The number of anilines is 1. The summed E-state index contributed by atoms with van der Waals surface area (Å²) in [5, 5.41) is 3.18. The van der Waals surface area contributed by atoms with Gasteiger partial charge in [0.15, 0.2) is 0 Å². The molecule has 1 N–H and O–H groups in total. The van der Waals surface area contributed by atoms with E-state index in [1.54, 1.807) is 13.0 Å². The zero-order valence-corrected chi connectivity index (χ0v) is 19.1. The Morgan fingerprint density at radius 3 is 2.59 bits per heavy atom. The molecule has 2 amide bonds. The molecular weight excluding hydrogens is 429 g/mol. The highest BCUT2D eigenvalue weighted by molar-refractivity contribution is 6.31. The van der Waals surface area contributed by atoms with Gasteiger partial charge < -0.3 is 10.2 Å². The van der Waals surface area contributed by atoms with E-state index in [1.807, 2.05) is 17.9 Å². The van der Waals surface area contributed by atoms with Crippen LogP contribution in [0.5, 0.6) is 0 Å². The summed E-state index contributed by atoms with van der Waals surface area (Å²) in [6.07, 6.45) is 8.02. The topological polar surface area (TPSA) is 62.3 Å². The molecule has 2 aromatic rings. The second-order valence-corrected chi connectivity index (χ2v) is 9.15.